The normalized spacial score (nSPS) is 11.5. The Balaban J connectivity index is 1.42. The highest BCUT2D eigenvalue weighted by atomic mass is 16.3. The lowest BCUT2D eigenvalue weighted by molar-refractivity contribution is 0.620. The second kappa shape index (κ2) is 9.07. The summed E-state index contributed by atoms with van der Waals surface area (Å²) >= 11 is 0. The van der Waals surface area contributed by atoms with Gasteiger partial charge in [0.05, 0.1) is 16.7 Å². The minimum atomic E-state index is 0.620. The number of fused-ring (bicyclic) bond motifs is 4. The molecular formula is C36H23N3O. The van der Waals surface area contributed by atoms with Gasteiger partial charge in [0.1, 0.15) is 11.3 Å². The molecule has 8 aromatic rings. The average Bonchev–Trinajstić information content (AvgIpc) is 3.59. The number of para-hydroxylation sites is 1. The van der Waals surface area contributed by atoms with Crippen LogP contribution in [0.4, 0.5) is 0 Å². The zero-order valence-corrected chi connectivity index (χ0v) is 21.5. The van der Waals surface area contributed by atoms with Crippen molar-refractivity contribution in [2.45, 2.75) is 0 Å². The van der Waals surface area contributed by atoms with Gasteiger partial charge in [-0.2, -0.15) is 0 Å². The van der Waals surface area contributed by atoms with Crippen LogP contribution in [0.5, 0.6) is 0 Å². The molecule has 3 heterocycles. The summed E-state index contributed by atoms with van der Waals surface area (Å²) in [6.45, 7) is 0. The summed E-state index contributed by atoms with van der Waals surface area (Å²) in [5, 5.41) is 2.26. The molecule has 0 amide bonds. The van der Waals surface area contributed by atoms with Crippen LogP contribution in [0.1, 0.15) is 0 Å². The fourth-order valence-electron chi connectivity index (χ4n) is 5.53. The summed E-state index contributed by atoms with van der Waals surface area (Å²) in [4.78, 5) is 10.1. The minimum Gasteiger partial charge on any atom is -0.436 e. The number of pyridine rings is 1. The molecule has 0 unspecified atom stereocenters. The van der Waals surface area contributed by atoms with Crippen LogP contribution in [-0.4, -0.2) is 14.5 Å². The molecular weight excluding hydrogens is 490 g/mol. The lowest BCUT2D eigenvalue weighted by atomic mass is 10.0. The van der Waals surface area contributed by atoms with E-state index in [4.69, 9.17) is 14.4 Å². The van der Waals surface area contributed by atoms with E-state index in [-0.39, 0.29) is 0 Å². The van der Waals surface area contributed by atoms with E-state index < -0.39 is 0 Å². The highest BCUT2D eigenvalue weighted by molar-refractivity contribution is 6.12. The van der Waals surface area contributed by atoms with Crippen LogP contribution in [0, 0.1) is 0 Å². The predicted octanol–water partition coefficient (Wildman–Crippen LogP) is 9.32. The van der Waals surface area contributed by atoms with Crippen molar-refractivity contribution in [3.05, 3.63) is 140 Å². The van der Waals surface area contributed by atoms with Crippen LogP contribution < -0.4 is 0 Å². The van der Waals surface area contributed by atoms with E-state index in [0.717, 1.165) is 66.7 Å². The van der Waals surface area contributed by atoms with Crippen LogP contribution in [0.25, 0.3) is 72.6 Å². The van der Waals surface area contributed by atoms with Gasteiger partial charge in [0, 0.05) is 28.0 Å². The van der Waals surface area contributed by atoms with E-state index in [0.29, 0.717) is 5.89 Å². The molecule has 0 atom stereocenters. The number of aromatic nitrogens is 3. The van der Waals surface area contributed by atoms with Gasteiger partial charge in [-0.05, 0) is 47.5 Å². The number of benzene rings is 5. The van der Waals surface area contributed by atoms with Crippen molar-refractivity contribution >= 4 is 32.9 Å². The van der Waals surface area contributed by atoms with Gasteiger partial charge in [0.15, 0.2) is 5.58 Å². The van der Waals surface area contributed by atoms with Gasteiger partial charge in [-0.1, -0.05) is 97.1 Å². The average molecular weight is 514 g/mol. The summed E-state index contributed by atoms with van der Waals surface area (Å²) < 4.78 is 8.53. The van der Waals surface area contributed by atoms with Crippen LogP contribution >= 0.6 is 0 Å². The zero-order chi connectivity index (χ0) is 26.5. The van der Waals surface area contributed by atoms with Gasteiger partial charge in [-0.3, -0.25) is 4.57 Å². The van der Waals surface area contributed by atoms with Gasteiger partial charge in [0.25, 0.3) is 0 Å². The molecule has 4 nitrogen and oxygen atoms in total. The summed E-state index contributed by atoms with van der Waals surface area (Å²) in [5.74, 6) is 1.48. The molecule has 40 heavy (non-hydrogen) atoms. The molecule has 0 bridgehead atoms. The van der Waals surface area contributed by atoms with E-state index in [1.165, 1.54) is 0 Å². The molecule has 0 saturated carbocycles. The van der Waals surface area contributed by atoms with Gasteiger partial charge in [-0.25, -0.2) is 9.97 Å². The van der Waals surface area contributed by atoms with E-state index in [1.54, 1.807) is 0 Å². The Kier molecular flexibility index (Phi) is 5.10. The first-order valence-corrected chi connectivity index (χ1v) is 13.3. The largest absolute Gasteiger partial charge is 0.436 e. The Morgan fingerprint density at radius 2 is 1.12 bits per heavy atom. The van der Waals surface area contributed by atoms with Crippen LogP contribution in [0.2, 0.25) is 0 Å². The van der Waals surface area contributed by atoms with Crippen molar-refractivity contribution in [1.29, 1.82) is 0 Å². The van der Waals surface area contributed by atoms with E-state index in [2.05, 4.69) is 102 Å². The first-order chi connectivity index (χ1) is 19.8. The van der Waals surface area contributed by atoms with Crippen molar-refractivity contribution in [1.82, 2.24) is 14.5 Å². The molecule has 0 N–H and O–H groups in total. The Hall–Kier alpha value is -5.48. The van der Waals surface area contributed by atoms with Crippen molar-refractivity contribution in [2.24, 2.45) is 0 Å². The maximum absolute atomic E-state index is 6.29. The van der Waals surface area contributed by atoms with Crippen LogP contribution in [0.3, 0.4) is 0 Å². The fraction of sp³-hybridized carbons (Fsp3) is 0. The van der Waals surface area contributed by atoms with Gasteiger partial charge >= 0.3 is 0 Å². The van der Waals surface area contributed by atoms with Crippen molar-refractivity contribution in [3.63, 3.8) is 0 Å². The Labute approximate surface area is 230 Å². The Morgan fingerprint density at radius 1 is 0.475 bits per heavy atom. The molecule has 0 aliphatic carbocycles. The smallest absolute Gasteiger partial charge is 0.227 e. The third-order valence-corrected chi connectivity index (χ3v) is 7.42. The number of oxazole rings is 1. The quantitative estimate of drug-likeness (QED) is 0.235. The van der Waals surface area contributed by atoms with Gasteiger partial charge in [-0.15, -0.1) is 0 Å². The molecule has 0 spiro atoms. The van der Waals surface area contributed by atoms with Crippen LogP contribution in [0.15, 0.2) is 144 Å². The SMILES string of the molecule is c1ccc(-c2cc(-c3ccccc3)nc(-n3c4ccccc4c4cc5nc(-c6ccccc6)oc5cc43)c2)cc1. The highest BCUT2D eigenvalue weighted by Gasteiger charge is 2.18. The number of rotatable bonds is 4. The molecule has 188 valence electrons. The molecule has 0 aliphatic rings. The Morgan fingerprint density at radius 3 is 1.88 bits per heavy atom. The standard InChI is InChI=1S/C36H23N3O/c1-4-12-24(13-5-1)27-20-30(25-14-6-2-7-15-25)37-35(21-27)39-32-19-11-10-18-28(32)29-22-31-34(23-33(29)39)40-36(38-31)26-16-8-3-9-17-26/h1-23H. The lowest BCUT2D eigenvalue weighted by Gasteiger charge is -2.13. The molecule has 3 aromatic heterocycles. The van der Waals surface area contributed by atoms with E-state index in [1.807, 2.05) is 42.5 Å². The summed E-state index contributed by atoms with van der Waals surface area (Å²) in [6, 6.07) is 47.9. The third-order valence-electron chi connectivity index (χ3n) is 7.42. The topological polar surface area (TPSA) is 43.9 Å². The molecule has 8 rings (SSSR count). The minimum absolute atomic E-state index is 0.620. The molecule has 0 aliphatic heterocycles. The summed E-state index contributed by atoms with van der Waals surface area (Å²) in [6.07, 6.45) is 0. The summed E-state index contributed by atoms with van der Waals surface area (Å²) in [7, 11) is 0. The fourth-order valence-corrected chi connectivity index (χ4v) is 5.53. The zero-order valence-electron chi connectivity index (χ0n) is 21.5. The second-order valence-electron chi connectivity index (χ2n) is 9.91. The number of nitrogens with zero attached hydrogens (tertiary/aromatic N) is 3. The maximum atomic E-state index is 6.29. The number of hydrogen-bond acceptors (Lipinski definition) is 3. The number of hydrogen-bond donors (Lipinski definition) is 0. The first kappa shape index (κ1) is 22.5. The lowest BCUT2D eigenvalue weighted by Crippen LogP contribution is -2.00. The predicted molar refractivity (Wildman–Crippen MR) is 162 cm³/mol. The highest BCUT2D eigenvalue weighted by Crippen LogP contribution is 2.37. The van der Waals surface area contributed by atoms with Gasteiger partial charge < -0.3 is 4.42 Å². The van der Waals surface area contributed by atoms with Crippen LogP contribution in [-0.2, 0) is 0 Å². The second-order valence-corrected chi connectivity index (χ2v) is 9.91. The summed E-state index contributed by atoms with van der Waals surface area (Å²) in [5.41, 5.74) is 8.93. The molecule has 0 fully saturated rings. The van der Waals surface area contributed by atoms with Gasteiger partial charge in [0.2, 0.25) is 5.89 Å². The van der Waals surface area contributed by atoms with Crippen molar-refractivity contribution in [3.8, 4) is 39.7 Å². The van der Waals surface area contributed by atoms with Crippen molar-refractivity contribution in [2.75, 3.05) is 0 Å². The molecule has 5 aromatic carbocycles. The Bertz CT molecular complexity index is 2090. The maximum Gasteiger partial charge on any atom is 0.227 e. The molecule has 0 radical (unpaired) electrons. The van der Waals surface area contributed by atoms with E-state index >= 15 is 0 Å². The van der Waals surface area contributed by atoms with E-state index in [9.17, 15) is 0 Å². The monoisotopic (exact) mass is 513 g/mol. The van der Waals surface area contributed by atoms with Crippen molar-refractivity contribution < 1.29 is 4.42 Å². The first-order valence-electron chi connectivity index (χ1n) is 13.3. The third kappa shape index (κ3) is 3.69. The molecule has 4 heteroatoms. The molecule has 0 saturated heterocycles.